The molecule has 0 aromatic carbocycles. The Hall–Kier alpha value is -0.800. The van der Waals surface area contributed by atoms with Crippen molar-refractivity contribution in [2.45, 2.75) is 6.04 Å². The summed E-state index contributed by atoms with van der Waals surface area (Å²) in [6.45, 7) is 2.03. The van der Waals surface area contributed by atoms with Crippen molar-refractivity contribution in [3.05, 3.63) is 23.4 Å². The molecular weight excluding hydrogens is 198 g/mol. The maximum Gasteiger partial charge on any atom is 0.147 e. The van der Waals surface area contributed by atoms with Crippen LogP contribution in [0.5, 0.6) is 0 Å². The molecule has 2 aliphatic rings. The number of rotatable bonds is 1. The normalized spacial score (nSPS) is 34.4. The zero-order valence-corrected chi connectivity index (χ0v) is 8.48. The van der Waals surface area contributed by atoms with Gasteiger partial charge in [0.05, 0.1) is 5.02 Å². The minimum absolute atomic E-state index is 0.425. The first-order chi connectivity index (χ1) is 6.77. The molecule has 3 rings (SSSR count). The van der Waals surface area contributed by atoms with E-state index in [1.165, 1.54) is 0 Å². The zero-order valence-electron chi connectivity index (χ0n) is 7.73. The van der Waals surface area contributed by atoms with Crippen molar-refractivity contribution < 1.29 is 0 Å². The van der Waals surface area contributed by atoms with Gasteiger partial charge in [-0.2, -0.15) is 0 Å². The second kappa shape index (κ2) is 2.84. The monoisotopic (exact) mass is 209 g/mol. The predicted octanol–water partition coefficient (Wildman–Crippen LogP) is 1.13. The van der Waals surface area contributed by atoms with Gasteiger partial charge in [-0.25, -0.2) is 4.98 Å². The lowest BCUT2D eigenvalue weighted by Crippen LogP contribution is -2.28. The summed E-state index contributed by atoms with van der Waals surface area (Å²) < 4.78 is 0. The molecule has 0 amide bonds. The lowest BCUT2D eigenvalue weighted by molar-refractivity contribution is 0.735. The number of nitrogens with zero attached hydrogens (tertiary/aromatic N) is 2. The van der Waals surface area contributed by atoms with Gasteiger partial charge in [-0.15, -0.1) is 0 Å². The predicted molar refractivity (Wildman–Crippen MR) is 56.4 cm³/mol. The van der Waals surface area contributed by atoms with Crippen molar-refractivity contribution in [2.24, 2.45) is 17.6 Å². The third kappa shape index (κ3) is 1.12. The van der Waals surface area contributed by atoms with E-state index in [1.54, 1.807) is 6.20 Å². The smallest absolute Gasteiger partial charge is 0.147 e. The van der Waals surface area contributed by atoms with Crippen molar-refractivity contribution in [1.82, 2.24) is 4.98 Å². The van der Waals surface area contributed by atoms with E-state index in [2.05, 4.69) is 9.88 Å². The maximum atomic E-state index is 6.07. The van der Waals surface area contributed by atoms with Crippen LogP contribution in [0, 0.1) is 11.8 Å². The Morgan fingerprint density at radius 3 is 2.79 bits per heavy atom. The number of piperidine rings is 1. The van der Waals surface area contributed by atoms with Crippen LogP contribution in [0.4, 0.5) is 5.82 Å². The average Bonchev–Trinajstić information content (AvgIpc) is 2.66. The molecule has 1 aromatic rings. The average molecular weight is 210 g/mol. The molecule has 1 aliphatic heterocycles. The molecule has 1 aliphatic carbocycles. The van der Waals surface area contributed by atoms with E-state index >= 15 is 0 Å². The zero-order chi connectivity index (χ0) is 9.71. The van der Waals surface area contributed by atoms with Crippen LogP contribution >= 0.6 is 11.6 Å². The molecule has 0 radical (unpaired) electrons. The van der Waals surface area contributed by atoms with Gasteiger partial charge < -0.3 is 10.6 Å². The van der Waals surface area contributed by atoms with Gasteiger partial charge >= 0.3 is 0 Å². The number of halogens is 1. The van der Waals surface area contributed by atoms with Crippen LogP contribution in [0.25, 0.3) is 0 Å². The van der Waals surface area contributed by atoms with E-state index in [1.807, 2.05) is 12.1 Å². The lowest BCUT2D eigenvalue weighted by atomic mass is 10.3. The molecule has 2 unspecified atom stereocenters. The molecule has 0 bridgehead atoms. The molecule has 3 nitrogen and oxygen atoms in total. The summed E-state index contributed by atoms with van der Waals surface area (Å²) >= 11 is 6.07. The van der Waals surface area contributed by atoms with Gasteiger partial charge in [0.1, 0.15) is 5.82 Å². The number of nitrogens with two attached hydrogens (primary N) is 1. The number of hydrogen-bond acceptors (Lipinski definition) is 3. The Morgan fingerprint density at radius 2 is 2.14 bits per heavy atom. The summed E-state index contributed by atoms with van der Waals surface area (Å²) in [7, 11) is 0. The van der Waals surface area contributed by atoms with E-state index in [-0.39, 0.29) is 0 Å². The highest BCUT2D eigenvalue weighted by Gasteiger charge is 2.54. The second-order valence-electron chi connectivity index (χ2n) is 4.12. The summed E-state index contributed by atoms with van der Waals surface area (Å²) in [5.41, 5.74) is 5.87. The van der Waals surface area contributed by atoms with E-state index in [9.17, 15) is 0 Å². The number of fused-ring (bicyclic) bond motifs is 1. The van der Waals surface area contributed by atoms with E-state index in [4.69, 9.17) is 17.3 Å². The molecule has 2 heterocycles. The van der Waals surface area contributed by atoms with Crippen LogP contribution < -0.4 is 10.6 Å². The van der Waals surface area contributed by atoms with Crippen LogP contribution in [0.15, 0.2) is 18.3 Å². The Balaban J connectivity index is 1.82. The Morgan fingerprint density at radius 1 is 1.43 bits per heavy atom. The molecule has 1 aromatic heterocycles. The van der Waals surface area contributed by atoms with Gasteiger partial charge in [-0.1, -0.05) is 11.6 Å². The third-order valence-electron chi connectivity index (χ3n) is 3.30. The van der Waals surface area contributed by atoms with Crippen LogP contribution in [0.3, 0.4) is 0 Å². The molecule has 2 fully saturated rings. The quantitative estimate of drug-likeness (QED) is 0.754. The largest absolute Gasteiger partial charge is 0.355 e. The fraction of sp³-hybridized carbons (Fsp3) is 0.500. The fourth-order valence-corrected chi connectivity index (χ4v) is 2.60. The molecule has 14 heavy (non-hydrogen) atoms. The van der Waals surface area contributed by atoms with Crippen molar-refractivity contribution >= 4 is 17.4 Å². The second-order valence-corrected chi connectivity index (χ2v) is 4.53. The summed E-state index contributed by atoms with van der Waals surface area (Å²) in [4.78, 5) is 6.53. The van der Waals surface area contributed by atoms with Gasteiger partial charge in [0, 0.05) is 25.3 Å². The molecule has 74 valence electrons. The van der Waals surface area contributed by atoms with Gasteiger partial charge in [-0.05, 0) is 24.0 Å². The molecule has 2 atom stereocenters. The molecule has 2 N–H and O–H groups in total. The van der Waals surface area contributed by atoms with E-state index in [0.29, 0.717) is 17.9 Å². The minimum atomic E-state index is 0.425. The molecule has 1 saturated carbocycles. The topological polar surface area (TPSA) is 42.1 Å². The molecule has 4 heteroatoms. The minimum Gasteiger partial charge on any atom is -0.355 e. The first-order valence-electron chi connectivity index (χ1n) is 4.88. The Kier molecular flexibility index (Phi) is 1.73. The lowest BCUT2D eigenvalue weighted by Gasteiger charge is -2.20. The van der Waals surface area contributed by atoms with E-state index in [0.717, 1.165) is 23.9 Å². The summed E-state index contributed by atoms with van der Waals surface area (Å²) in [5, 5.41) is 0.738. The van der Waals surface area contributed by atoms with Gasteiger partial charge in [0.15, 0.2) is 0 Å². The van der Waals surface area contributed by atoms with Crippen molar-refractivity contribution in [1.29, 1.82) is 0 Å². The molecule has 0 spiro atoms. The molecular formula is C10H12ClN3. The number of pyridine rings is 1. The summed E-state index contributed by atoms with van der Waals surface area (Å²) in [6.07, 6.45) is 1.78. The van der Waals surface area contributed by atoms with Gasteiger partial charge in [0.25, 0.3) is 0 Å². The van der Waals surface area contributed by atoms with Crippen LogP contribution in [0.1, 0.15) is 0 Å². The first-order valence-corrected chi connectivity index (χ1v) is 5.26. The highest BCUT2D eigenvalue weighted by molar-refractivity contribution is 6.32. The third-order valence-corrected chi connectivity index (χ3v) is 3.59. The number of aromatic nitrogens is 1. The standard InChI is InChI=1S/C10H12ClN3/c11-8-2-1-3-13-10(8)14-4-6-7(5-14)9(6)12/h1-3,6-7,9H,4-5,12H2. The van der Waals surface area contributed by atoms with Crippen molar-refractivity contribution in [3.63, 3.8) is 0 Å². The first kappa shape index (κ1) is 8.50. The van der Waals surface area contributed by atoms with Gasteiger partial charge in [-0.3, -0.25) is 0 Å². The van der Waals surface area contributed by atoms with Crippen LogP contribution in [-0.2, 0) is 0 Å². The van der Waals surface area contributed by atoms with E-state index < -0.39 is 0 Å². The fourth-order valence-electron chi connectivity index (χ4n) is 2.36. The van der Waals surface area contributed by atoms with Crippen LogP contribution in [-0.4, -0.2) is 24.1 Å². The Bertz CT molecular complexity index is 356. The van der Waals surface area contributed by atoms with Crippen LogP contribution in [0.2, 0.25) is 5.02 Å². The number of hydrogen-bond donors (Lipinski definition) is 1. The highest BCUT2D eigenvalue weighted by atomic mass is 35.5. The number of anilines is 1. The Labute approximate surface area is 87.9 Å². The maximum absolute atomic E-state index is 6.07. The van der Waals surface area contributed by atoms with Crippen molar-refractivity contribution in [2.75, 3.05) is 18.0 Å². The SMILES string of the molecule is NC1C2CN(c3ncccc3Cl)CC12. The highest BCUT2D eigenvalue weighted by Crippen LogP contribution is 2.45. The summed E-state index contributed by atoms with van der Waals surface area (Å²) in [6, 6.07) is 4.16. The summed E-state index contributed by atoms with van der Waals surface area (Å²) in [5.74, 6) is 2.26. The molecule has 1 saturated heterocycles. The van der Waals surface area contributed by atoms with Crippen molar-refractivity contribution in [3.8, 4) is 0 Å². The van der Waals surface area contributed by atoms with Gasteiger partial charge in [0.2, 0.25) is 0 Å².